The number of carbonyl (C=O) groups excluding carboxylic acids is 1. The first-order valence-electron chi connectivity index (χ1n) is 7.94. The second kappa shape index (κ2) is 7.85. The zero-order valence-electron chi connectivity index (χ0n) is 12.3. The lowest BCUT2D eigenvalue weighted by Crippen LogP contribution is -2.40. The number of nitrogens with one attached hydrogen (secondary N) is 2. The van der Waals surface area contributed by atoms with Crippen LogP contribution in [0.25, 0.3) is 0 Å². The van der Waals surface area contributed by atoms with Crippen molar-refractivity contribution in [3.8, 4) is 0 Å². The summed E-state index contributed by atoms with van der Waals surface area (Å²) in [5.41, 5.74) is 0. The molecule has 1 aliphatic heterocycles. The number of rotatable bonds is 8. The second-order valence-electron chi connectivity index (χ2n) is 6.34. The van der Waals surface area contributed by atoms with Gasteiger partial charge in [0, 0.05) is 13.1 Å². The summed E-state index contributed by atoms with van der Waals surface area (Å²) in [4.78, 5) is 14.2. The lowest BCUT2D eigenvalue weighted by molar-refractivity contribution is -0.120. The largest absolute Gasteiger partial charge is 0.355 e. The lowest BCUT2D eigenvalue weighted by Gasteiger charge is -2.29. The Morgan fingerprint density at radius 3 is 2.68 bits per heavy atom. The minimum atomic E-state index is 0.145. The minimum Gasteiger partial charge on any atom is -0.355 e. The molecule has 4 heteroatoms. The highest BCUT2D eigenvalue weighted by Gasteiger charge is 2.20. The van der Waals surface area contributed by atoms with Crippen molar-refractivity contribution in [2.24, 2.45) is 11.8 Å². The molecule has 110 valence electrons. The summed E-state index contributed by atoms with van der Waals surface area (Å²) in [6, 6.07) is 0. The van der Waals surface area contributed by atoms with Gasteiger partial charge in [0.15, 0.2) is 0 Å². The Bertz CT molecular complexity index is 273. The average molecular weight is 267 g/mol. The number of hydrogen-bond acceptors (Lipinski definition) is 3. The molecule has 19 heavy (non-hydrogen) atoms. The third kappa shape index (κ3) is 6.39. The van der Waals surface area contributed by atoms with E-state index in [1.165, 1.54) is 45.2 Å². The van der Waals surface area contributed by atoms with Crippen molar-refractivity contribution in [3.63, 3.8) is 0 Å². The zero-order chi connectivity index (χ0) is 13.5. The highest BCUT2D eigenvalue weighted by molar-refractivity contribution is 5.77. The summed E-state index contributed by atoms with van der Waals surface area (Å²) in [6.45, 7) is 8.12. The fraction of sp³-hybridized carbons (Fsp3) is 0.933. The van der Waals surface area contributed by atoms with Crippen molar-refractivity contribution in [2.45, 2.75) is 39.0 Å². The molecule has 0 aromatic heterocycles. The van der Waals surface area contributed by atoms with Gasteiger partial charge >= 0.3 is 0 Å². The maximum Gasteiger partial charge on any atom is 0.233 e. The first-order valence-corrected chi connectivity index (χ1v) is 7.94. The van der Waals surface area contributed by atoms with Crippen LogP contribution in [0.1, 0.15) is 39.0 Å². The molecule has 0 aromatic carbocycles. The molecule has 1 saturated heterocycles. The maximum absolute atomic E-state index is 11.7. The van der Waals surface area contributed by atoms with E-state index in [1.54, 1.807) is 0 Å². The van der Waals surface area contributed by atoms with Crippen LogP contribution in [0.3, 0.4) is 0 Å². The third-order valence-corrected chi connectivity index (χ3v) is 4.08. The van der Waals surface area contributed by atoms with Crippen molar-refractivity contribution < 1.29 is 4.79 Å². The standard InChI is InChI=1S/C15H29N3O/c1-13(12-18-7-3-2-4-8-18)9-17-15(19)11-16-10-14-5-6-14/h13-14,16H,2-12H2,1H3,(H,17,19). The van der Waals surface area contributed by atoms with Gasteiger partial charge in [0.25, 0.3) is 0 Å². The van der Waals surface area contributed by atoms with Crippen LogP contribution in [-0.4, -0.2) is 50.1 Å². The van der Waals surface area contributed by atoms with Gasteiger partial charge in [0.05, 0.1) is 6.54 Å². The molecule has 0 aromatic rings. The molecule has 1 amide bonds. The van der Waals surface area contributed by atoms with Crippen molar-refractivity contribution in [3.05, 3.63) is 0 Å². The third-order valence-electron chi connectivity index (χ3n) is 4.08. The van der Waals surface area contributed by atoms with Gasteiger partial charge in [-0.25, -0.2) is 0 Å². The van der Waals surface area contributed by atoms with E-state index in [-0.39, 0.29) is 5.91 Å². The summed E-state index contributed by atoms with van der Waals surface area (Å²) >= 11 is 0. The van der Waals surface area contributed by atoms with Gasteiger partial charge in [-0.3, -0.25) is 4.79 Å². The minimum absolute atomic E-state index is 0.145. The van der Waals surface area contributed by atoms with Crippen LogP contribution < -0.4 is 10.6 Å². The van der Waals surface area contributed by atoms with Crippen LogP contribution in [0.5, 0.6) is 0 Å². The summed E-state index contributed by atoms with van der Waals surface area (Å²) in [6.07, 6.45) is 6.73. The quantitative estimate of drug-likeness (QED) is 0.695. The molecule has 2 fully saturated rings. The van der Waals surface area contributed by atoms with Gasteiger partial charge in [0.1, 0.15) is 0 Å². The molecular formula is C15H29N3O. The summed E-state index contributed by atoms with van der Waals surface area (Å²) < 4.78 is 0. The molecule has 1 atom stereocenters. The fourth-order valence-electron chi connectivity index (χ4n) is 2.71. The van der Waals surface area contributed by atoms with Crippen LogP contribution in [0.2, 0.25) is 0 Å². The second-order valence-corrected chi connectivity index (χ2v) is 6.34. The predicted molar refractivity (Wildman–Crippen MR) is 78.1 cm³/mol. The normalized spacial score (nSPS) is 22.2. The molecule has 2 N–H and O–H groups in total. The Hall–Kier alpha value is -0.610. The topological polar surface area (TPSA) is 44.4 Å². The van der Waals surface area contributed by atoms with Crippen molar-refractivity contribution in [1.29, 1.82) is 0 Å². The Balaban J connectivity index is 1.49. The predicted octanol–water partition coefficient (Wildman–Crippen LogP) is 1.22. The number of piperidine rings is 1. The molecule has 4 nitrogen and oxygen atoms in total. The summed E-state index contributed by atoms with van der Waals surface area (Å²) in [7, 11) is 0. The van der Waals surface area contributed by atoms with Crippen LogP contribution >= 0.6 is 0 Å². The van der Waals surface area contributed by atoms with E-state index in [9.17, 15) is 4.79 Å². The van der Waals surface area contributed by atoms with Crippen LogP contribution in [0, 0.1) is 11.8 Å². The molecule has 2 rings (SSSR count). The summed E-state index contributed by atoms with van der Waals surface area (Å²) in [5, 5.41) is 6.27. The van der Waals surface area contributed by atoms with Crippen molar-refractivity contribution in [2.75, 3.05) is 39.3 Å². The number of carbonyl (C=O) groups is 1. The molecule has 0 bridgehead atoms. The molecule has 1 aliphatic carbocycles. The SMILES string of the molecule is CC(CNC(=O)CNCC1CC1)CN1CCCCC1. The number of nitrogens with zero attached hydrogens (tertiary/aromatic N) is 1. The molecule has 0 spiro atoms. The van der Waals surface area contributed by atoms with E-state index in [2.05, 4.69) is 22.5 Å². The molecule has 2 aliphatic rings. The van der Waals surface area contributed by atoms with Crippen molar-refractivity contribution in [1.82, 2.24) is 15.5 Å². The van der Waals surface area contributed by atoms with Crippen LogP contribution in [0.4, 0.5) is 0 Å². The van der Waals surface area contributed by atoms with E-state index >= 15 is 0 Å². The molecular weight excluding hydrogens is 238 g/mol. The van der Waals surface area contributed by atoms with E-state index in [1.807, 2.05) is 0 Å². The highest BCUT2D eigenvalue weighted by Crippen LogP contribution is 2.27. The van der Waals surface area contributed by atoms with Gasteiger partial charge in [-0.15, -0.1) is 0 Å². The average Bonchev–Trinajstić information content (AvgIpc) is 3.22. The number of amides is 1. The Morgan fingerprint density at radius 2 is 2.00 bits per heavy atom. The smallest absolute Gasteiger partial charge is 0.233 e. The van der Waals surface area contributed by atoms with Crippen LogP contribution in [-0.2, 0) is 4.79 Å². The molecule has 1 heterocycles. The first kappa shape index (κ1) is 14.8. The van der Waals surface area contributed by atoms with Crippen molar-refractivity contribution >= 4 is 5.91 Å². The maximum atomic E-state index is 11.7. The van der Waals surface area contributed by atoms with Crippen LogP contribution in [0.15, 0.2) is 0 Å². The van der Waals surface area contributed by atoms with E-state index in [4.69, 9.17) is 0 Å². The molecule has 1 saturated carbocycles. The van der Waals surface area contributed by atoms with E-state index < -0.39 is 0 Å². The summed E-state index contributed by atoms with van der Waals surface area (Å²) in [5.74, 6) is 1.53. The van der Waals surface area contributed by atoms with E-state index in [0.29, 0.717) is 12.5 Å². The van der Waals surface area contributed by atoms with Gasteiger partial charge in [-0.2, -0.15) is 0 Å². The van der Waals surface area contributed by atoms with Gasteiger partial charge in [-0.05, 0) is 57.2 Å². The number of hydrogen-bond donors (Lipinski definition) is 2. The van der Waals surface area contributed by atoms with Gasteiger partial charge < -0.3 is 15.5 Å². The van der Waals surface area contributed by atoms with Gasteiger partial charge in [0.2, 0.25) is 5.91 Å². The first-order chi connectivity index (χ1) is 9.24. The van der Waals surface area contributed by atoms with Gasteiger partial charge in [-0.1, -0.05) is 13.3 Å². The Kier molecular flexibility index (Phi) is 6.11. The Morgan fingerprint density at radius 1 is 1.26 bits per heavy atom. The molecule has 1 unspecified atom stereocenters. The highest BCUT2D eigenvalue weighted by atomic mass is 16.1. The Labute approximate surface area is 117 Å². The fourth-order valence-corrected chi connectivity index (χ4v) is 2.71. The molecule has 0 radical (unpaired) electrons. The zero-order valence-corrected chi connectivity index (χ0v) is 12.3. The monoisotopic (exact) mass is 267 g/mol. The number of likely N-dealkylation sites (tertiary alicyclic amines) is 1. The van der Waals surface area contributed by atoms with E-state index in [0.717, 1.165) is 25.6 Å². The lowest BCUT2D eigenvalue weighted by atomic mass is 10.1.